The molecule has 114 valence electrons. The maximum Gasteiger partial charge on any atom is 0.345 e. The second-order valence-corrected chi connectivity index (χ2v) is 6.35. The number of carbonyl (C=O) groups is 1. The number of likely N-dealkylation sites (N-methyl/N-ethyl adjacent to an activating group) is 1. The molecule has 0 saturated carbocycles. The number of thiophene rings is 1. The van der Waals surface area contributed by atoms with E-state index in [4.69, 9.17) is 4.42 Å². The summed E-state index contributed by atoms with van der Waals surface area (Å²) < 4.78 is 6.09. The first kappa shape index (κ1) is 14.7. The van der Waals surface area contributed by atoms with Gasteiger partial charge in [0.15, 0.2) is 0 Å². The Bertz CT molecular complexity index is 895. The van der Waals surface area contributed by atoms with Crippen molar-refractivity contribution in [2.24, 2.45) is 0 Å². The summed E-state index contributed by atoms with van der Waals surface area (Å²) in [6.07, 6.45) is 0. The van der Waals surface area contributed by atoms with Gasteiger partial charge in [-0.15, -0.1) is 11.3 Å². The zero-order chi connectivity index (χ0) is 15.7. The van der Waals surface area contributed by atoms with Crippen LogP contribution in [0.25, 0.3) is 21.1 Å². The van der Waals surface area contributed by atoms with E-state index in [1.165, 1.54) is 11.3 Å². The molecule has 0 atom stereocenters. The lowest BCUT2D eigenvalue weighted by molar-refractivity contribution is 0.0955. The summed E-state index contributed by atoms with van der Waals surface area (Å²) in [6.45, 7) is 1.33. The molecular formula is C16H16N2O3S. The van der Waals surface area contributed by atoms with E-state index in [0.717, 1.165) is 16.6 Å². The molecule has 0 aliphatic rings. The number of fused-ring (bicyclic) bond motifs is 3. The number of nitrogens with zero attached hydrogens (tertiary/aromatic N) is 1. The summed E-state index contributed by atoms with van der Waals surface area (Å²) in [5.41, 5.74) is 0.138. The highest BCUT2D eigenvalue weighted by molar-refractivity contribution is 7.21. The maximum absolute atomic E-state index is 12.2. The van der Waals surface area contributed by atoms with Crippen molar-refractivity contribution < 1.29 is 9.21 Å². The summed E-state index contributed by atoms with van der Waals surface area (Å²) >= 11 is 1.32. The van der Waals surface area contributed by atoms with Gasteiger partial charge in [-0.05, 0) is 32.3 Å². The largest absolute Gasteiger partial charge is 0.422 e. The van der Waals surface area contributed by atoms with E-state index >= 15 is 0 Å². The third-order valence-electron chi connectivity index (χ3n) is 3.35. The van der Waals surface area contributed by atoms with Crippen molar-refractivity contribution >= 4 is 38.3 Å². The molecule has 1 aromatic carbocycles. The van der Waals surface area contributed by atoms with Crippen LogP contribution in [-0.2, 0) is 0 Å². The molecule has 22 heavy (non-hydrogen) atoms. The molecule has 2 aromatic heterocycles. The monoisotopic (exact) mass is 316 g/mol. The van der Waals surface area contributed by atoms with Crippen LogP contribution < -0.4 is 10.9 Å². The highest BCUT2D eigenvalue weighted by atomic mass is 32.1. The predicted molar refractivity (Wildman–Crippen MR) is 88.8 cm³/mol. The lowest BCUT2D eigenvalue weighted by Crippen LogP contribution is -2.30. The van der Waals surface area contributed by atoms with E-state index in [-0.39, 0.29) is 5.91 Å². The Balaban J connectivity index is 1.99. The van der Waals surface area contributed by atoms with Gasteiger partial charge in [-0.1, -0.05) is 12.1 Å². The van der Waals surface area contributed by atoms with Crippen molar-refractivity contribution in [1.82, 2.24) is 10.2 Å². The Labute approximate surface area is 131 Å². The zero-order valence-electron chi connectivity index (χ0n) is 12.4. The molecule has 6 heteroatoms. The Morgan fingerprint density at radius 1 is 1.27 bits per heavy atom. The highest BCUT2D eigenvalue weighted by Crippen LogP contribution is 2.30. The van der Waals surface area contributed by atoms with Crippen LogP contribution in [0.5, 0.6) is 0 Å². The van der Waals surface area contributed by atoms with Crippen LogP contribution in [0.3, 0.4) is 0 Å². The zero-order valence-corrected chi connectivity index (χ0v) is 13.2. The van der Waals surface area contributed by atoms with E-state index in [9.17, 15) is 9.59 Å². The van der Waals surface area contributed by atoms with Gasteiger partial charge in [0.25, 0.3) is 5.91 Å². The van der Waals surface area contributed by atoms with Gasteiger partial charge in [0, 0.05) is 18.5 Å². The molecule has 0 radical (unpaired) electrons. The molecule has 5 nitrogen and oxygen atoms in total. The number of amides is 1. The first-order valence-electron chi connectivity index (χ1n) is 6.94. The summed E-state index contributed by atoms with van der Waals surface area (Å²) in [4.78, 5) is 26.7. The van der Waals surface area contributed by atoms with Crippen molar-refractivity contribution in [2.45, 2.75) is 0 Å². The van der Waals surface area contributed by atoms with Crippen LogP contribution in [0.4, 0.5) is 0 Å². The van der Waals surface area contributed by atoms with Crippen molar-refractivity contribution in [3.05, 3.63) is 45.6 Å². The maximum atomic E-state index is 12.2. The lowest BCUT2D eigenvalue weighted by Gasteiger charge is -2.09. The summed E-state index contributed by atoms with van der Waals surface area (Å²) in [7, 11) is 3.89. The molecule has 2 heterocycles. The molecule has 0 fully saturated rings. The fourth-order valence-electron chi connectivity index (χ4n) is 2.23. The number of carbonyl (C=O) groups excluding carboxylic acids is 1. The molecule has 3 aromatic rings. The van der Waals surface area contributed by atoms with E-state index in [2.05, 4.69) is 5.32 Å². The fraction of sp³-hybridized carbons (Fsp3) is 0.250. The van der Waals surface area contributed by atoms with Gasteiger partial charge in [-0.2, -0.15) is 0 Å². The molecule has 1 N–H and O–H groups in total. The second kappa shape index (κ2) is 5.90. The number of nitrogens with one attached hydrogen (secondary N) is 1. The molecule has 3 rings (SSSR count). The van der Waals surface area contributed by atoms with Crippen LogP contribution >= 0.6 is 11.3 Å². The molecule has 0 aliphatic heterocycles. The number of rotatable bonds is 4. The van der Waals surface area contributed by atoms with Crippen LogP contribution in [0.1, 0.15) is 9.67 Å². The molecule has 0 bridgehead atoms. The van der Waals surface area contributed by atoms with Crippen LogP contribution in [0, 0.1) is 0 Å². The van der Waals surface area contributed by atoms with E-state index in [1.807, 2.05) is 37.2 Å². The number of benzene rings is 1. The quantitative estimate of drug-likeness (QED) is 0.750. The second-order valence-electron chi connectivity index (χ2n) is 5.30. The number of hydrogen-bond donors (Lipinski definition) is 1. The minimum Gasteiger partial charge on any atom is -0.422 e. The SMILES string of the molecule is CN(C)CCNC(=O)c1cc2c(=O)oc3ccccc3c2s1. The van der Waals surface area contributed by atoms with Gasteiger partial charge >= 0.3 is 5.63 Å². The van der Waals surface area contributed by atoms with Crippen LogP contribution in [0.2, 0.25) is 0 Å². The molecule has 0 spiro atoms. The highest BCUT2D eigenvalue weighted by Gasteiger charge is 2.15. The van der Waals surface area contributed by atoms with Crippen molar-refractivity contribution in [3.8, 4) is 0 Å². The minimum atomic E-state index is -0.405. The third-order valence-corrected chi connectivity index (χ3v) is 4.52. The molecule has 0 saturated heterocycles. The molecular weight excluding hydrogens is 300 g/mol. The molecule has 0 aliphatic carbocycles. The summed E-state index contributed by atoms with van der Waals surface area (Å²) in [5.74, 6) is -0.161. The third kappa shape index (κ3) is 2.75. The van der Waals surface area contributed by atoms with Gasteiger partial charge in [-0.25, -0.2) is 4.79 Å². The van der Waals surface area contributed by atoms with Crippen LogP contribution in [-0.4, -0.2) is 38.0 Å². The Morgan fingerprint density at radius 3 is 2.82 bits per heavy atom. The topological polar surface area (TPSA) is 62.6 Å². The minimum absolute atomic E-state index is 0.161. The average Bonchev–Trinajstić information content (AvgIpc) is 2.93. The summed E-state index contributed by atoms with van der Waals surface area (Å²) in [6, 6.07) is 8.97. The Hall–Kier alpha value is -2.18. The van der Waals surface area contributed by atoms with Crippen molar-refractivity contribution in [1.29, 1.82) is 0 Å². The lowest BCUT2D eigenvalue weighted by atomic mass is 10.2. The predicted octanol–water partition coefficient (Wildman–Crippen LogP) is 2.30. The van der Waals surface area contributed by atoms with Crippen LogP contribution in [0.15, 0.2) is 39.5 Å². The average molecular weight is 316 g/mol. The Morgan fingerprint density at radius 2 is 2.05 bits per heavy atom. The standard InChI is InChI=1S/C16H16N2O3S/c1-18(2)8-7-17-15(19)13-9-11-14(22-13)10-5-3-4-6-12(10)21-16(11)20/h3-6,9H,7-8H2,1-2H3,(H,17,19). The van der Waals surface area contributed by atoms with Crippen molar-refractivity contribution in [2.75, 3.05) is 27.2 Å². The van der Waals surface area contributed by atoms with Gasteiger partial charge in [0.1, 0.15) is 5.58 Å². The van der Waals surface area contributed by atoms with Gasteiger partial charge in [0.05, 0.1) is 15.0 Å². The van der Waals surface area contributed by atoms with Crippen molar-refractivity contribution in [3.63, 3.8) is 0 Å². The van der Waals surface area contributed by atoms with Gasteiger partial charge in [-0.3, -0.25) is 4.79 Å². The van der Waals surface area contributed by atoms with E-state index in [0.29, 0.717) is 22.4 Å². The first-order chi connectivity index (χ1) is 10.6. The first-order valence-corrected chi connectivity index (χ1v) is 7.76. The van der Waals surface area contributed by atoms with Gasteiger partial charge < -0.3 is 14.6 Å². The fourth-order valence-corrected chi connectivity index (χ4v) is 3.33. The number of para-hydroxylation sites is 1. The van der Waals surface area contributed by atoms with E-state index < -0.39 is 5.63 Å². The number of hydrogen-bond acceptors (Lipinski definition) is 5. The summed E-state index contributed by atoms with van der Waals surface area (Å²) in [5, 5.41) is 4.17. The normalized spacial score (nSPS) is 11.4. The smallest absolute Gasteiger partial charge is 0.345 e. The van der Waals surface area contributed by atoms with E-state index in [1.54, 1.807) is 12.1 Å². The molecule has 1 amide bonds. The Kier molecular flexibility index (Phi) is 3.96. The van der Waals surface area contributed by atoms with Gasteiger partial charge in [0.2, 0.25) is 0 Å². The molecule has 0 unspecified atom stereocenters.